The molecule has 2 atom stereocenters. The summed E-state index contributed by atoms with van der Waals surface area (Å²) in [4.78, 5) is 23.6. The summed E-state index contributed by atoms with van der Waals surface area (Å²) in [5.41, 5.74) is 3.05. The Morgan fingerprint density at radius 3 is 3.04 bits per heavy atom. The lowest BCUT2D eigenvalue weighted by molar-refractivity contribution is -0.149. The van der Waals surface area contributed by atoms with E-state index in [0.29, 0.717) is 25.2 Å². The molecule has 1 aliphatic carbocycles. The Balaban J connectivity index is 1.48. The number of carbonyl (C=O) groups excluding carboxylic acids is 1. The summed E-state index contributed by atoms with van der Waals surface area (Å²) in [6.07, 6.45) is 7.51. The average molecular weight is 343 g/mol. The Bertz CT molecular complexity index is 785. The van der Waals surface area contributed by atoms with Crippen molar-refractivity contribution in [3.63, 3.8) is 0 Å². The van der Waals surface area contributed by atoms with E-state index < -0.39 is 0 Å². The lowest BCUT2D eigenvalue weighted by atomic mass is 9.90. The Morgan fingerprint density at radius 2 is 2.16 bits per heavy atom. The van der Waals surface area contributed by atoms with Crippen LogP contribution in [0.4, 0.5) is 0 Å². The van der Waals surface area contributed by atoms with E-state index in [1.165, 1.54) is 19.2 Å². The first-order valence-corrected chi connectivity index (χ1v) is 9.22. The van der Waals surface area contributed by atoms with Gasteiger partial charge >= 0.3 is 0 Å². The van der Waals surface area contributed by atoms with Crippen LogP contribution in [0.25, 0.3) is 5.78 Å². The third-order valence-corrected chi connectivity index (χ3v) is 5.63. The number of aryl methyl sites for hydroxylation is 2. The van der Waals surface area contributed by atoms with E-state index in [0.717, 1.165) is 36.3 Å². The molecule has 0 aromatic carbocycles. The number of rotatable bonds is 3. The van der Waals surface area contributed by atoms with Crippen molar-refractivity contribution in [3.8, 4) is 0 Å². The predicted octanol–water partition coefficient (Wildman–Crippen LogP) is 1.84. The molecule has 1 saturated heterocycles. The molecule has 0 radical (unpaired) electrons. The molecule has 0 unspecified atom stereocenters. The minimum Gasteiger partial charge on any atom is -0.374 e. The summed E-state index contributed by atoms with van der Waals surface area (Å²) in [6.45, 7) is 5.38. The standard InChI is InChI=1S/C18H25N5O2/c1-12-14(13(2)23-18(21-12)19-11-20-23)7-8-17(24)22-9-10-25-16-6-4-3-5-15(16)22/h11,15-16H,3-10H2,1-2H3/t15-,16+/m1/s1. The maximum Gasteiger partial charge on any atom is 0.252 e. The maximum atomic E-state index is 12.9. The predicted molar refractivity (Wildman–Crippen MR) is 92.3 cm³/mol. The van der Waals surface area contributed by atoms with Gasteiger partial charge in [0.25, 0.3) is 5.78 Å². The monoisotopic (exact) mass is 343 g/mol. The zero-order valence-corrected chi connectivity index (χ0v) is 14.9. The van der Waals surface area contributed by atoms with Crippen molar-refractivity contribution < 1.29 is 9.53 Å². The number of ether oxygens (including phenoxy) is 1. The molecular weight excluding hydrogens is 318 g/mol. The second kappa shape index (κ2) is 6.71. The van der Waals surface area contributed by atoms with Crippen LogP contribution in [0, 0.1) is 13.8 Å². The van der Waals surface area contributed by atoms with Crippen LogP contribution >= 0.6 is 0 Å². The molecule has 1 aliphatic heterocycles. The summed E-state index contributed by atoms with van der Waals surface area (Å²) < 4.78 is 7.63. The molecule has 1 saturated carbocycles. The van der Waals surface area contributed by atoms with Crippen molar-refractivity contribution in [1.29, 1.82) is 0 Å². The molecule has 0 spiro atoms. The molecule has 25 heavy (non-hydrogen) atoms. The van der Waals surface area contributed by atoms with Crippen molar-refractivity contribution in [3.05, 3.63) is 23.3 Å². The number of carbonyl (C=O) groups is 1. The van der Waals surface area contributed by atoms with E-state index in [9.17, 15) is 4.79 Å². The van der Waals surface area contributed by atoms with Crippen LogP contribution in [0.1, 0.15) is 49.1 Å². The van der Waals surface area contributed by atoms with Gasteiger partial charge in [0.15, 0.2) is 0 Å². The zero-order chi connectivity index (χ0) is 17.4. The van der Waals surface area contributed by atoms with Gasteiger partial charge in [0.05, 0.1) is 18.8 Å². The molecule has 7 heteroatoms. The lowest BCUT2D eigenvalue weighted by Gasteiger charge is -2.43. The Labute approximate surface area is 147 Å². The van der Waals surface area contributed by atoms with Gasteiger partial charge in [0.1, 0.15) is 6.33 Å². The van der Waals surface area contributed by atoms with Gasteiger partial charge < -0.3 is 9.64 Å². The number of fused-ring (bicyclic) bond motifs is 2. The number of hydrogen-bond donors (Lipinski definition) is 0. The normalized spacial score (nSPS) is 23.7. The van der Waals surface area contributed by atoms with E-state index in [1.807, 2.05) is 13.8 Å². The summed E-state index contributed by atoms with van der Waals surface area (Å²) in [7, 11) is 0. The molecular formula is C18H25N5O2. The van der Waals surface area contributed by atoms with Gasteiger partial charge in [-0.15, -0.1) is 0 Å². The van der Waals surface area contributed by atoms with Gasteiger partial charge in [-0.25, -0.2) is 9.50 Å². The number of morpholine rings is 1. The molecule has 2 aromatic heterocycles. The Kier molecular flexibility index (Phi) is 4.41. The van der Waals surface area contributed by atoms with Crippen LogP contribution in [0.2, 0.25) is 0 Å². The highest BCUT2D eigenvalue weighted by Gasteiger charge is 2.36. The van der Waals surface area contributed by atoms with Gasteiger partial charge in [-0.2, -0.15) is 10.1 Å². The molecule has 2 aliphatic rings. The van der Waals surface area contributed by atoms with E-state index in [4.69, 9.17) is 4.74 Å². The third-order valence-electron chi connectivity index (χ3n) is 5.63. The highest BCUT2D eigenvalue weighted by atomic mass is 16.5. The number of nitrogens with zero attached hydrogens (tertiary/aromatic N) is 5. The topological polar surface area (TPSA) is 72.6 Å². The van der Waals surface area contributed by atoms with E-state index >= 15 is 0 Å². The first-order valence-electron chi connectivity index (χ1n) is 9.22. The molecule has 3 heterocycles. The molecule has 7 nitrogen and oxygen atoms in total. The Morgan fingerprint density at radius 1 is 1.32 bits per heavy atom. The third kappa shape index (κ3) is 3.01. The van der Waals surface area contributed by atoms with Crippen molar-refractivity contribution in [1.82, 2.24) is 24.5 Å². The molecule has 134 valence electrons. The fraction of sp³-hybridized carbons (Fsp3) is 0.667. The number of amides is 1. The lowest BCUT2D eigenvalue weighted by Crippen LogP contribution is -2.54. The second-order valence-electron chi connectivity index (χ2n) is 7.08. The summed E-state index contributed by atoms with van der Waals surface area (Å²) in [5.74, 6) is 0.848. The average Bonchev–Trinajstić information content (AvgIpc) is 3.09. The molecule has 4 rings (SSSR count). The SMILES string of the molecule is Cc1nc2ncnn2c(C)c1CCC(=O)N1CCO[C@H]2CCCC[C@H]21. The molecule has 0 N–H and O–H groups in total. The quantitative estimate of drug-likeness (QED) is 0.850. The van der Waals surface area contributed by atoms with Gasteiger partial charge in [-0.3, -0.25) is 4.79 Å². The van der Waals surface area contributed by atoms with Crippen LogP contribution in [-0.4, -0.2) is 55.7 Å². The van der Waals surface area contributed by atoms with E-state index in [-0.39, 0.29) is 18.1 Å². The van der Waals surface area contributed by atoms with Crippen LogP contribution < -0.4 is 0 Å². The minimum absolute atomic E-state index is 0.234. The summed E-state index contributed by atoms with van der Waals surface area (Å²) in [6, 6.07) is 0.271. The van der Waals surface area contributed by atoms with Gasteiger partial charge in [-0.05, 0) is 38.7 Å². The second-order valence-corrected chi connectivity index (χ2v) is 7.08. The highest BCUT2D eigenvalue weighted by Crippen LogP contribution is 2.29. The molecule has 2 fully saturated rings. The minimum atomic E-state index is 0.234. The van der Waals surface area contributed by atoms with Crippen LogP contribution in [0.3, 0.4) is 0 Å². The van der Waals surface area contributed by atoms with Gasteiger partial charge in [-0.1, -0.05) is 12.8 Å². The van der Waals surface area contributed by atoms with Crippen molar-refractivity contribution >= 4 is 11.7 Å². The van der Waals surface area contributed by atoms with E-state index in [2.05, 4.69) is 20.0 Å². The van der Waals surface area contributed by atoms with E-state index in [1.54, 1.807) is 4.52 Å². The number of hydrogen-bond acceptors (Lipinski definition) is 5. The maximum absolute atomic E-state index is 12.9. The molecule has 1 amide bonds. The Hall–Kier alpha value is -2.02. The zero-order valence-electron chi connectivity index (χ0n) is 14.9. The molecule has 2 aromatic rings. The van der Waals surface area contributed by atoms with Crippen LogP contribution in [-0.2, 0) is 16.0 Å². The van der Waals surface area contributed by atoms with Crippen LogP contribution in [0.5, 0.6) is 0 Å². The largest absolute Gasteiger partial charge is 0.374 e. The van der Waals surface area contributed by atoms with Crippen molar-refractivity contribution in [2.75, 3.05) is 13.2 Å². The smallest absolute Gasteiger partial charge is 0.252 e. The summed E-state index contributed by atoms with van der Waals surface area (Å²) >= 11 is 0. The highest BCUT2D eigenvalue weighted by molar-refractivity contribution is 5.77. The molecule has 0 bridgehead atoms. The van der Waals surface area contributed by atoms with Crippen molar-refractivity contribution in [2.45, 2.75) is 64.5 Å². The van der Waals surface area contributed by atoms with Crippen molar-refractivity contribution in [2.24, 2.45) is 0 Å². The first kappa shape index (κ1) is 16.4. The first-order chi connectivity index (χ1) is 12.1. The van der Waals surface area contributed by atoms with Gasteiger partial charge in [0.2, 0.25) is 5.91 Å². The fourth-order valence-corrected chi connectivity index (χ4v) is 4.30. The van der Waals surface area contributed by atoms with Crippen LogP contribution in [0.15, 0.2) is 6.33 Å². The summed E-state index contributed by atoms with van der Waals surface area (Å²) in [5, 5.41) is 4.22. The number of aromatic nitrogens is 4. The van der Waals surface area contributed by atoms with Gasteiger partial charge in [0, 0.05) is 24.4 Å². The fourth-order valence-electron chi connectivity index (χ4n) is 4.30.